The van der Waals surface area contributed by atoms with Crippen LogP contribution in [0.4, 0.5) is 0 Å². The van der Waals surface area contributed by atoms with Crippen LogP contribution in [0, 0.1) is 0 Å². The number of fused-ring (bicyclic) bond motifs is 1. The Kier molecular flexibility index (Phi) is 4.57. The molecule has 6 heteroatoms. The Morgan fingerprint density at radius 1 is 1.12 bits per heavy atom. The third-order valence-electron chi connectivity index (χ3n) is 2.30. The molecule has 0 aromatic heterocycles. The molecule has 0 spiro atoms. The maximum Gasteiger partial charge on any atom is 1.00 e. The second-order valence-electron chi connectivity index (χ2n) is 3.30. The summed E-state index contributed by atoms with van der Waals surface area (Å²) in [5, 5.41) is 1.52. The normalized spacial score (nSPS) is 10.9. The summed E-state index contributed by atoms with van der Waals surface area (Å²) in [7, 11) is -3.18. The molecule has 0 bridgehead atoms. The molecule has 0 aliphatic carbocycles. The van der Waals surface area contributed by atoms with Gasteiger partial charge in [-0.25, -0.2) is 8.42 Å². The fraction of sp³-hybridized carbons (Fsp3) is 0.0909. The van der Waals surface area contributed by atoms with Crippen molar-refractivity contribution in [3.8, 4) is 5.75 Å². The minimum Gasteiger partial charge on any atom is -0.744 e. The molecule has 0 aliphatic heterocycles. The first-order valence-electron chi connectivity index (χ1n) is 4.55. The Labute approximate surface area is 122 Å². The summed E-state index contributed by atoms with van der Waals surface area (Å²) in [6, 6.07) is 10.0. The number of hydrogen-bond acceptors (Lipinski definition) is 4. The van der Waals surface area contributed by atoms with Crippen LogP contribution in [0.15, 0.2) is 41.3 Å². The van der Waals surface area contributed by atoms with Crippen LogP contribution in [-0.2, 0) is 10.1 Å². The van der Waals surface area contributed by atoms with Gasteiger partial charge in [0.25, 0.3) is 0 Å². The molecule has 0 unspecified atom stereocenters. The molecule has 2 rings (SSSR count). The van der Waals surface area contributed by atoms with Gasteiger partial charge in [-0.05, 0) is 22.9 Å². The zero-order chi connectivity index (χ0) is 11.8. The van der Waals surface area contributed by atoms with Crippen LogP contribution < -0.4 is 34.3 Å². The summed E-state index contributed by atoms with van der Waals surface area (Å²) < 4.78 is 38.0. The first-order chi connectivity index (χ1) is 7.52. The van der Waals surface area contributed by atoms with E-state index >= 15 is 0 Å². The summed E-state index contributed by atoms with van der Waals surface area (Å²) in [4.78, 5) is -0.325. The van der Waals surface area contributed by atoms with Crippen molar-refractivity contribution >= 4 is 20.9 Å². The van der Waals surface area contributed by atoms with Gasteiger partial charge in [-0.3, -0.25) is 0 Å². The van der Waals surface area contributed by atoms with E-state index in [-0.39, 0.29) is 40.2 Å². The van der Waals surface area contributed by atoms with Crippen molar-refractivity contribution in [1.82, 2.24) is 0 Å². The Morgan fingerprint density at radius 3 is 2.12 bits per heavy atom. The van der Waals surface area contributed by atoms with E-state index in [0.717, 1.165) is 5.39 Å². The van der Waals surface area contributed by atoms with E-state index < -0.39 is 10.1 Å². The molecule has 0 aliphatic rings. The molecule has 84 valence electrons. The molecule has 2 aromatic carbocycles. The molecular weight excluding hydrogens is 251 g/mol. The van der Waals surface area contributed by atoms with Crippen LogP contribution in [0.2, 0.25) is 0 Å². The molecule has 4 nitrogen and oxygen atoms in total. The van der Waals surface area contributed by atoms with Crippen LogP contribution in [0.3, 0.4) is 0 Å². The van der Waals surface area contributed by atoms with E-state index in [1.807, 2.05) is 12.1 Å². The van der Waals surface area contributed by atoms with Gasteiger partial charge in [0.1, 0.15) is 15.9 Å². The first-order valence-corrected chi connectivity index (χ1v) is 5.96. The molecule has 2 aromatic rings. The van der Waals surface area contributed by atoms with Crippen LogP contribution >= 0.6 is 0 Å². The summed E-state index contributed by atoms with van der Waals surface area (Å²) >= 11 is 0. The van der Waals surface area contributed by atoms with Gasteiger partial charge in [0.05, 0.1) is 12.0 Å². The summed E-state index contributed by atoms with van der Waals surface area (Å²) in [6.07, 6.45) is 0. The minimum absolute atomic E-state index is 0. The summed E-state index contributed by atoms with van der Waals surface area (Å²) in [6.45, 7) is 0. The van der Waals surface area contributed by atoms with Gasteiger partial charge in [0, 0.05) is 0 Å². The molecule has 0 saturated heterocycles. The van der Waals surface area contributed by atoms with E-state index in [1.54, 1.807) is 18.2 Å². The van der Waals surface area contributed by atoms with E-state index in [2.05, 4.69) is 0 Å². The zero-order valence-corrected chi connectivity index (χ0v) is 12.3. The van der Waals surface area contributed by atoms with Crippen molar-refractivity contribution in [2.24, 2.45) is 0 Å². The fourth-order valence-electron chi connectivity index (χ4n) is 1.55. The second kappa shape index (κ2) is 5.37. The quantitative estimate of drug-likeness (QED) is 0.500. The van der Waals surface area contributed by atoms with Crippen LogP contribution in [-0.4, -0.2) is 20.1 Å². The van der Waals surface area contributed by atoms with E-state index in [9.17, 15) is 13.0 Å². The van der Waals surface area contributed by atoms with Gasteiger partial charge in [-0.15, -0.1) is 0 Å². The molecule has 0 atom stereocenters. The topological polar surface area (TPSA) is 66.4 Å². The molecule has 17 heavy (non-hydrogen) atoms. The van der Waals surface area contributed by atoms with Gasteiger partial charge in [0.2, 0.25) is 0 Å². The zero-order valence-electron chi connectivity index (χ0n) is 9.51. The number of benzene rings is 2. The van der Waals surface area contributed by atoms with E-state index in [0.29, 0.717) is 5.39 Å². The van der Waals surface area contributed by atoms with Crippen molar-refractivity contribution in [2.45, 2.75) is 4.90 Å². The SMILES string of the molecule is COc1cc2ccccc2cc1S(=O)(=O)[O-].[Na+]. The molecule has 0 heterocycles. The van der Waals surface area contributed by atoms with Gasteiger partial charge in [-0.1, -0.05) is 24.3 Å². The monoisotopic (exact) mass is 260 g/mol. The number of ether oxygens (including phenoxy) is 1. The molecule has 0 fully saturated rings. The predicted octanol–water partition coefficient (Wildman–Crippen LogP) is -1.24. The number of hydrogen-bond donors (Lipinski definition) is 0. The van der Waals surface area contributed by atoms with Crippen molar-refractivity contribution in [1.29, 1.82) is 0 Å². The maximum atomic E-state index is 11.0. The van der Waals surface area contributed by atoms with Crippen LogP contribution in [0.25, 0.3) is 10.8 Å². The van der Waals surface area contributed by atoms with Crippen molar-refractivity contribution in [3.05, 3.63) is 36.4 Å². The number of rotatable bonds is 2. The van der Waals surface area contributed by atoms with Crippen LogP contribution in [0.5, 0.6) is 5.75 Å². The van der Waals surface area contributed by atoms with E-state index in [4.69, 9.17) is 4.74 Å². The Bertz CT molecular complexity index is 637. The third kappa shape index (κ3) is 3.00. The third-order valence-corrected chi connectivity index (χ3v) is 3.16. The Morgan fingerprint density at radius 2 is 1.65 bits per heavy atom. The molecule has 0 amide bonds. The van der Waals surface area contributed by atoms with Gasteiger partial charge in [0.15, 0.2) is 0 Å². The van der Waals surface area contributed by atoms with Gasteiger partial charge >= 0.3 is 29.6 Å². The summed E-state index contributed by atoms with van der Waals surface area (Å²) in [5.41, 5.74) is 0. The Hall–Kier alpha value is -0.590. The molecule has 0 radical (unpaired) electrons. The van der Waals surface area contributed by atoms with Gasteiger partial charge < -0.3 is 9.29 Å². The van der Waals surface area contributed by atoms with Crippen LogP contribution in [0.1, 0.15) is 0 Å². The van der Waals surface area contributed by atoms with Gasteiger partial charge in [-0.2, -0.15) is 0 Å². The van der Waals surface area contributed by atoms with Crippen molar-refractivity contribution in [3.63, 3.8) is 0 Å². The van der Waals surface area contributed by atoms with E-state index in [1.165, 1.54) is 13.2 Å². The standard InChI is InChI=1S/C11H10O4S.Na/c1-15-10-6-8-4-2-3-5-9(8)7-11(10)16(12,13)14;/h2-7H,1H3,(H,12,13,14);/q;+1/p-1. The van der Waals surface area contributed by atoms with Crippen molar-refractivity contribution < 1.29 is 47.3 Å². The largest absolute Gasteiger partial charge is 1.00 e. The average Bonchev–Trinajstić information content (AvgIpc) is 2.26. The predicted molar refractivity (Wildman–Crippen MR) is 58.5 cm³/mol. The maximum absolute atomic E-state index is 11.0. The molecular formula is C11H9NaO4S. The second-order valence-corrected chi connectivity index (χ2v) is 4.65. The molecule has 0 saturated carbocycles. The molecule has 0 N–H and O–H groups in total. The Balaban J connectivity index is 0.00000144. The first kappa shape index (κ1) is 14.5. The minimum atomic E-state index is -4.51. The fourth-order valence-corrected chi connectivity index (χ4v) is 2.21. The van der Waals surface area contributed by atoms with Crippen molar-refractivity contribution in [2.75, 3.05) is 7.11 Å². The number of methoxy groups -OCH3 is 1. The smallest absolute Gasteiger partial charge is 0.744 e. The summed E-state index contributed by atoms with van der Waals surface area (Å²) in [5.74, 6) is 0.0775. The average molecular weight is 260 g/mol.